The zero-order valence-corrected chi connectivity index (χ0v) is 13.2. The highest BCUT2D eigenvalue weighted by molar-refractivity contribution is 5.76. The highest BCUT2D eigenvalue weighted by atomic mass is 16.5. The number of piperidine rings is 1. The molecule has 1 amide bonds. The largest absolute Gasteiger partial charge is 0.496 e. The Morgan fingerprint density at radius 1 is 1.38 bits per heavy atom. The molecular weight excluding hydrogens is 264 g/mol. The number of hydrogen-bond acceptors (Lipinski definition) is 2. The van der Waals surface area contributed by atoms with Crippen molar-refractivity contribution < 1.29 is 14.4 Å². The summed E-state index contributed by atoms with van der Waals surface area (Å²) in [6, 6.07) is 8.57. The molecule has 1 aromatic rings. The molecule has 0 spiro atoms. The van der Waals surface area contributed by atoms with E-state index in [9.17, 15) is 4.79 Å². The lowest BCUT2D eigenvalue weighted by Crippen LogP contribution is -3.17. The van der Waals surface area contributed by atoms with Gasteiger partial charge in [0.25, 0.3) is 5.91 Å². The van der Waals surface area contributed by atoms with Gasteiger partial charge in [0.15, 0.2) is 6.54 Å². The normalized spacial score (nSPS) is 21.8. The number of methoxy groups -OCH3 is 1. The Labute approximate surface area is 127 Å². The van der Waals surface area contributed by atoms with Crippen molar-refractivity contribution in [2.24, 2.45) is 0 Å². The second-order valence-electron chi connectivity index (χ2n) is 5.89. The van der Waals surface area contributed by atoms with Gasteiger partial charge in [-0.15, -0.1) is 0 Å². The van der Waals surface area contributed by atoms with Crippen LogP contribution in [-0.2, 0) is 11.2 Å². The first kappa shape index (κ1) is 15.8. The fourth-order valence-electron chi connectivity index (χ4n) is 3.03. The van der Waals surface area contributed by atoms with Gasteiger partial charge in [-0.1, -0.05) is 18.2 Å². The molecule has 0 aromatic heterocycles. The van der Waals surface area contributed by atoms with Crippen LogP contribution in [0.25, 0.3) is 0 Å². The SMILES string of the molecule is COc1ccccc1CCNC(=O)C[NH+]1CCCC[C@@H]1C. The molecule has 116 valence electrons. The lowest BCUT2D eigenvalue weighted by molar-refractivity contribution is -0.921. The van der Waals surface area contributed by atoms with Gasteiger partial charge in [0.1, 0.15) is 5.75 Å². The molecule has 4 heteroatoms. The summed E-state index contributed by atoms with van der Waals surface area (Å²) in [5.41, 5.74) is 1.14. The van der Waals surface area contributed by atoms with E-state index >= 15 is 0 Å². The molecule has 0 radical (unpaired) electrons. The topological polar surface area (TPSA) is 42.8 Å². The van der Waals surface area contributed by atoms with E-state index in [2.05, 4.69) is 12.2 Å². The molecule has 4 nitrogen and oxygen atoms in total. The van der Waals surface area contributed by atoms with E-state index in [1.165, 1.54) is 24.2 Å². The smallest absolute Gasteiger partial charge is 0.275 e. The van der Waals surface area contributed by atoms with Crippen molar-refractivity contribution >= 4 is 5.91 Å². The minimum atomic E-state index is 0.161. The van der Waals surface area contributed by atoms with E-state index in [0.717, 1.165) is 24.3 Å². The second kappa shape index (κ2) is 8.03. The Balaban J connectivity index is 1.74. The first-order valence-corrected chi connectivity index (χ1v) is 7.94. The number of carbonyl (C=O) groups is 1. The van der Waals surface area contributed by atoms with Gasteiger partial charge in [-0.05, 0) is 44.2 Å². The molecule has 1 heterocycles. The third kappa shape index (κ3) is 4.74. The lowest BCUT2D eigenvalue weighted by Gasteiger charge is -2.29. The Hall–Kier alpha value is -1.55. The summed E-state index contributed by atoms with van der Waals surface area (Å²) in [6.45, 7) is 4.64. The highest BCUT2D eigenvalue weighted by Crippen LogP contribution is 2.17. The monoisotopic (exact) mass is 291 g/mol. The average molecular weight is 291 g/mol. The lowest BCUT2D eigenvalue weighted by atomic mass is 10.0. The van der Waals surface area contributed by atoms with Crippen molar-refractivity contribution in [3.05, 3.63) is 29.8 Å². The van der Waals surface area contributed by atoms with Crippen LogP contribution in [0.5, 0.6) is 5.75 Å². The van der Waals surface area contributed by atoms with Crippen LogP contribution < -0.4 is 15.0 Å². The van der Waals surface area contributed by atoms with Gasteiger partial charge < -0.3 is 15.0 Å². The van der Waals surface area contributed by atoms with Crippen LogP contribution in [0.15, 0.2) is 24.3 Å². The van der Waals surface area contributed by atoms with Gasteiger partial charge in [0, 0.05) is 6.54 Å². The van der Waals surface area contributed by atoms with Crippen molar-refractivity contribution in [2.75, 3.05) is 26.7 Å². The summed E-state index contributed by atoms with van der Waals surface area (Å²) in [6.07, 6.45) is 4.60. The summed E-state index contributed by atoms with van der Waals surface area (Å²) < 4.78 is 5.32. The fraction of sp³-hybridized carbons (Fsp3) is 0.588. The summed E-state index contributed by atoms with van der Waals surface area (Å²) in [4.78, 5) is 13.5. The van der Waals surface area contributed by atoms with E-state index in [0.29, 0.717) is 19.1 Å². The fourth-order valence-corrected chi connectivity index (χ4v) is 3.03. The molecule has 2 rings (SSSR count). The number of benzene rings is 1. The van der Waals surface area contributed by atoms with Crippen LogP contribution in [0, 0.1) is 0 Å². The van der Waals surface area contributed by atoms with Crippen LogP contribution in [0.1, 0.15) is 31.7 Å². The quantitative estimate of drug-likeness (QED) is 0.814. The highest BCUT2D eigenvalue weighted by Gasteiger charge is 2.23. The number of rotatable bonds is 6. The van der Waals surface area contributed by atoms with Gasteiger partial charge in [0.2, 0.25) is 0 Å². The van der Waals surface area contributed by atoms with Crippen molar-refractivity contribution in [1.82, 2.24) is 5.32 Å². The summed E-state index contributed by atoms with van der Waals surface area (Å²) in [7, 11) is 1.68. The molecule has 0 bridgehead atoms. The number of carbonyl (C=O) groups excluding carboxylic acids is 1. The van der Waals surface area contributed by atoms with Crippen LogP contribution in [0.4, 0.5) is 0 Å². The zero-order valence-electron chi connectivity index (χ0n) is 13.2. The first-order valence-electron chi connectivity index (χ1n) is 7.94. The van der Waals surface area contributed by atoms with Crippen LogP contribution in [0.2, 0.25) is 0 Å². The standard InChI is InChI=1S/C17H26N2O2/c1-14-7-5-6-12-19(14)13-17(20)18-11-10-15-8-3-4-9-16(15)21-2/h3-4,8-9,14H,5-7,10-13H2,1-2H3,(H,18,20)/p+1/t14-/m0/s1. The maximum Gasteiger partial charge on any atom is 0.275 e. The predicted octanol–water partition coefficient (Wildman–Crippen LogP) is 0.811. The Morgan fingerprint density at radius 2 is 2.19 bits per heavy atom. The van der Waals surface area contributed by atoms with Crippen molar-refractivity contribution in [3.8, 4) is 5.75 Å². The molecule has 21 heavy (non-hydrogen) atoms. The van der Waals surface area contributed by atoms with Gasteiger partial charge in [0.05, 0.1) is 19.7 Å². The zero-order chi connectivity index (χ0) is 15.1. The molecule has 0 saturated carbocycles. The third-order valence-corrected chi connectivity index (χ3v) is 4.38. The molecule has 1 aliphatic heterocycles. The Bertz CT molecular complexity index is 462. The number of hydrogen-bond donors (Lipinski definition) is 2. The minimum Gasteiger partial charge on any atom is -0.496 e. The van der Waals surface area contributed by atoms with E-state index in [1.54, 1.807) is 7.11 Å². The Morgan fingerprint density at radius 3 is 2.95 bits per heavy atom. The molecule has 0 aliphatic carbocycles. The molecule has 1 unspecified atom stereocenters. The maximum absolute atomic E-state index is 12.0. The third-order valence-electron chi connectivity index (χ3n) is 4.38. The molecule has 1 saturated heterocycles. The number of nitrogens with one attached hydrogen (secondary N) is 2. The molecule has 1 fully saturated rings. The number of quaternary nitrogens is 1. The average Bonchev–Trinajstić information content (AvgIpc) is 2.50. The molecule has 1 aliphatic rings. The number of likely N-dealkylation sites (tertiary alicyclic amines) is 1. The van der Waals surface area contributed by atoms with E-state index < -0.39 is 0 Å². The Kier molecular flexibility index (Phi) is 6.05. The van der Waals surface area contributed by atoms with Gasteiger partial charge in [-0.2, -0.15) is 0 Å². The van der Waals surface area contributed by atoms with Gasteiger partial charge >= 0.3 is 0 Å². The van der Waals surface area contributed by atoms with Crippen molar-refractivity contribution in [1.29, 1.82) is 0 Å². The molecule has 1 aromatic carbocycles. The maximum atomic E-state index is 12.0. The molecular formula is C17H27N2O2+. The van der Waals surface area contributed by atoms with Crippen molar-refractivity contribution in [2.45, 2.75) is 38.6 Å². The second-order valence-corrected chi connectivity index (χ2v) is 5.89. The van der Waals surface area contributed by atoms with E-state index in [1.807, 2.05) is 24.3 Å². The molecule has 2 atom stereocenters. The number of ether oxygens (including phenoxy) is 1. The van der Waals surface area contributed by atoms with Crippen molar-refractivity contribution in [3.63, 3.8) is 0 Å². The van der Waals surface area contributed by atoms with Crippen LogP contribution >= 0.6 is 0 Å². The van der Waals surface area contributed by atoms with Crippen LogP contribution in [0.3, 0.4) is 0 Å². The van der Waals surface area contributed by atoms with E-state index in [4.69, 9.17) is 4.74 Å². The summed E-state index contributed by atoms with van der Waals surface area (Å²) >= 11 is 0. The summed E-state index contributed by atoms with van der Waals surface area (Å²) in [5, 5.41) is 3.03. The van der Waals surface area contributed by atoms with Crippen LogP contribution in [-0.4, -0.2) is 38.7 Å². The predicted molar refractivity (Wildman–Crippen MR) is 83.7 cm³/mol. The summed E-state index contributed by atoms with van der Waals surface area (Å²) in [5.74, 6) is 1.05. The first-order chi connectivity index (χ1) is 10.2. The molecule has 2 N–H and O–H groups in total. The van der Waals surface area contributed by atoms with Gasteiger partial charge in [-0.3, -0.25) is 4.79 Å². The number of amides is 1. The minimum absolute atomic E-state index is 0.161. The van der Waals surface area contributed by atoms with Gasteiger partial charge in [-0.25, -0.2) is 0 Å². The number of para-hydroxylation sites is 1. The van der Waals surface area contributed by atoms with E-state index in [-0.39, 0.29) is 5.91 Å².